The van der Waals surface area contributed by atoms with Crippen molar-refractivity contribution < 1.29 is 12.3 Å². The Labute approximate surface area is 175 Å². The van der Waals surface area contributed by atoms with Crippen molar-refractivity contribution in [3.05, 3.63) is 12.3 Å². The lowest BCUT2D eigenvalue weighted by Crippen LogP contribution is -2.63. The third kappa shape index (κ3) is 6.76. The molecule has 0 radical (unpaired) electrons. The summed E-state index contributed by atoms with van der Waals surface area (Å²) in [5.74, 6) is 0. The fourth-order valence-corrected chi connectivity index (χ4v) is 23.6. The smallest absolute Gasteiger partial charge is 0.413 e. The van der Waals surface area contributed by atoms with E-state index in [-0.39, 0.29) is 0 Å². The predicted molar refractivity (Wildman–Crippen MR) is 131 cm³/mol. The molecule has 162 valence electrons. The molecule has 0 N–H and O–H groups in total. The number of rotatable bonds is 16. The highest BCUT2D eigenvalue weighted by Crippen LogP contribution is 2.37. The normalized spacial score (nSPS) is 13.8. The highest BCUT2D eigenvalue weighted by atomic mass is 28.5. The zero-order chi connectivity index (χ0) is 21.2. The summed E-state index contributed by atoms with van der Waals surface area (Å²) < 4.78 is 21.4. The van der Waals surface area contributed by atoms with Gasteiger partial charge in [0.1, 0.15) is 0 Å². The fourth-order valence-electron chi connectivity index (χ4n) is 3.99. The summed E-state index contributed by atoms with van der Waals surface area (Å²) in [5, 5.41) is 0. The zero-order valence-corrected chi connectivity index (χ0v) is 23.9. The van der Waals surface area contributed by atoms with E-state index in [1.54, 1.807) is 0 Å². The van der Waals surface area contributed by atoms with Crippen molar-refractivity contribution in [3.63, 3.8) is 0 Å². The molecule has 0 aliphatic carbocycles. The second-order valence-corrected chi connectivity index (χ2v) is 25.4. The lowest BCUT2D eigenvalue weighted by atomic mass is 10.9. The Bertz CT molecular complexity index is 340. The second kappa shape index (κ2) is 12.2. The van der Waals surface area contributed by atoms with Gasteiger partial charge in [0.25, 0.3) is 0 Å². The van der Waals surface area contributed by atoms with Crippen molar-refractivity contribution >= 4 is 33.8 Å². The Morgan fingerprint density at radius 1 is 0.481 bits per heavy atom. The molecule has 0 aliphatic rings. The maximum atomic E-state index is 7.13. The van der Waals surface area contributed by atoms with Crippen molar-refractivity contribution in [2.24, 2.45) is 0 Å². The molecule has 0 atom stereocenters. The van der Waals surface area contributed by atoms with Gasteiger partial charge in [0.05, 0.1) is 0 Å². The second-order valence-electron chi connectivity index (χ2n) is 7.84. The van der Waals surface area contributed by atoms with Gasteiger partial charge in [-0.15, -0.1) is 6.58 Å². The van der Waals surface area contributed by atoms with Crippen LogP contribution in [0.3, 0.4) is 0 Å². The summed E-state index contributed by atoms with van der Waals surface area (Å²) >= 11 is 0. The molecule has 0 spiro atoms. The molecule has 0 aromatic rings. The Morgan fingerprint density at radius 2 is 0.667 bits per heavy atom. The summed E-state index contributed by atoms with van der Waals surface area (Å²) in [4.78, 5) is 0. The highest BCUT2D eigenvalue weighted by Gasteiger charge is 2.53. The molecule has 0 fully saturated rings. The Hall–Kier alpha value is 0.488. The minimum Gasteiger partial charge on any atom is -0.413 e. The molecule has 3 nitrogen and oxygen atoms in total. The third-order valence-electron chi connectivity index (χ3n) is 7.13. The van der Waals surface area contributed by atoms with Gasteiger partial charge in [0, 0.05) is 0 Å². The van der Waals surface area contributed by atoms with Gasteiger partial charge < -0.3 is 12.3 Å². The molecule has 0 aliphatic heterocycles. The molecule has 0 amide bonds. The lowest BCUT2D eigenvalue weighted by molar-refractivity contribution is 0.257. The van der Waals surface area contributed by atoms with E-state index in [0.717, 1.165) is 54.4 Å². The van der Waals surface area contributed by atoms with Crippen LogP contribution in [0.4, 0.5) is 0 Å². The van der Waals surface area contributed by atoms with Crippen LogP contribution in [-0.4, -0.2) is 33.8 Å². The van der Waals surface area contributed by atoms with Crippen molar-refractivity contribution in [1.29, 1.82) is 0 Å². The van der Waals surface area contributed by atoms with Crippen molar-refractivity contribution in [3.8, 4) is 0 Å². The average Bonchev–Trinajstić information content (AvgIpc) is 2.74. The first-order valence-electron chi connectivity index (χ1n) is 11.5. The largest absolute Gasteiger partial charge is 0.497 e. The first kappa shape index (κ1) is 27.5. The van der Waals surface area contributed by atoms with Crippen LogP contribution >= 0.6 is 0 Å². The first-order valence-corrected chi connectivity index (χ1v) is 20.9. The minimum atomic E-state index is -2.92. The van der Waals surface area contributed by atoms with E-state index in [1.165, 1.54) is 0 Å². The Kier molecular flexibility index (Phi) is 12.5. The average molecular weight is 449 g/mol. The number of hydrogen-bond acceptors (Lipinski definition) is 3. The summed E-state index contributed by atoms with van der Waals surface area (Å²) in [5.41, 5.74) is 2.00. The number of hydrogen-bond donors (Lipinski definition) is 0. The van der Waals surface area contributed by atoms with Crippen LogP contribution in [0.15, 0.2) is 12.3 Å². The van der Waals surface area contributed by atoms with Crippen molar-refractivity contribution in [2.45, 2.75) is 117 Å². The molecule has 27 heavy (non-hydrogen) atoms. The van der Waals surface area contributed by atoms with Crippen LogP contribution in [0.2, 0.25) is 54.4 Å². The van der Waals surface area contributed by atoms with E-state index < -0.39 is 33.8 Å². The van der Waals surface area contributed by atoms with Gasteiger partial charge in [-0.2, -0.15) is 0 Å². The predicted octanol–water partition coefficient (Wildman–Crippen LogP) is 7.72. The standard InChI is InChI=1S/C20H48O3Si4/c1-11-24(12-2,13-3)21-27(20-10,22-25(14-4,15-5)16-6)23-26(17-7,18-8)19-9/h20H,10-19H2,1-9H3. The Morgan fingerprint density at radius 3 is 0.778 bits per heavy atom. The maximum Gasteiger partial charge on any atom is 0.497 e. The minimum absolute atomic E-state index is 1.12. The van der Waals surface area contributed by atoms with Gasteiger partial charge in [-0.05, 0) is 60.1 Å². The molecule has 0 saturated heterocycles. The van der Waals surface area contributed by atoms with Crippen LogP contribution < -0.4 is 0 Å². The molecular formula is C20H48O3Si4. The van der Waals surface area contributed by atoms with Gasteiger partial charge >= 0.3 is 8.80 Å². The molecule has 0 saturated carbocycles. The van der Waals surface area contributed by atoms with Crippen LogP contribution in [-0.2, 0) is 12.3 Å². The summed E-state index contributed by atoms with van der Waals surface area (Å²) in [6, 6.07) is 10.1. The van der Waals surface area contributed by atoms with Crippen LogP contribution in [0.5, 0.6) is 0 Å². The quantitative estimate of drug-likeness (QED) is 0.226. The molecular weight excluding hydrogens is 401 g/mol. The van der Waals surface area contributed by atoms with E-state index in [9.17, 15) is 0 Å². The van der Waals surface area contributed by atoms with E-state index >= 15 is 0 Å². The van der Waals surface area contributed by atoms with Gasteiger partial charge in [0.15, 0.2) is 25.0 Å². The Balaban J connectivity index is 6.28. The molecule has 0 bridgehead atoms. The summed E-state index contributed by atoms with van der Waals surface area (Å²) in [7, 11) is -8.51. The zero-order valence-electron chi connectivity index (χ0n) is 19.9. The monoisotopic (exact) mass is 448 g/mol. The van der Waals surface area contributed by atoms with Crippen LogP contribution in [0, 0.1) is 0 Å². The van der Waals surface area contributed by atoms with Crippen LogP contribution in [0.25, 0.3) is 0 Å². The molecule has 0 aromatic carbocycles. The lowest BCUT2D eigenvalue weighted by Gasteiger charge is -2.47. The SMILES string of the molecule is C=C[Si](O[Si](CC)(CC)CC)(O[Si](CC)(CC)CC)O[Si](CC)(CC)CC. The van der Waals surface area contributed by atoms with Crippen LogP contribution in [0.1, 0.15) is 62.3 Å². The van der Waals surface area contributed by atoms with Crippen molar-refractivity contribution in [1.82, 2.24) is 0 Å². The van der Waals surface area contributed by atoms with Gasteiger partial charge in [-0.3, -0.25) is 0 Å². The highest BCUT2D eigenvalue weighted by molar-refractivity contribution is 6.93. The maximum absolute atomic E-state index is 7.13. The molecule has 7 heteroatoms. The van der Waals surface area contributed by atoms with E-state index in [2.05, 4.69) is 68.9 Å². The third-order valence-corrected chi connectivity index (χ3v) is 27.8. The molecule has 0 aromatic heterocycles. The van der Waals surface area contributed by atoms with E-state index in [1.807, 2.05) is 5.70 Å². The summed E-state index contributed by atoms with van der Waals surface area (Å²) in [6.45, 7) is 24.8. The fraction of sp³-hybridized carbons (Fsp3) is 0.900. The van der Waals surface area contributed by atoms with Gasteiger partial charge in [-0.1, -0.05) is 62.3 Å². The van der Waals surface area contributed by atoms with Gasteiger partial charge in [0.2, 0.25) is 0 Å². The topological polar surface area (TPSA) is 27.7 Å². The van der Waals surface area contributed by atoms with Crippen molar-refractivity contribution in [2.75, 3.05) is 0 Å². The van der Waals surface area contributed by atoms with E-state index in [4.69, 9.17) is 12.3 Å². The van der Waals surface area contributed by atoms with Gasteiger partial charge in [-0.25, -0.2) is 0 Å². The molecule has 0 heterocycles. The summed E-state index contributed by atoms with van der Waals surface area (Å²) in [6.07, 6.45) is 0. The molecule has 0 rings (SSSR count). The van der Waals surface area contributed by atoms with E-state index in [0.29, 0.717) is 0 Å². The molecule has 0 unspecified atom stereocenters. The first-order chi connectivity index (χ1) is 12.7.